The van der Waals surface area contributed by atoms with Crippen LogP contribution in [0.15, 0.2) is 48.8 Å². The van der Waals surface area contributed by atoms with Crippen LogP contribution in [0.5, 0.6) is 0 Å². The van der Waals surface area contributed by atoms with Crippen molar-refractivity contribution in [3.05, 3.63) is 64.9 Å². The van der Waals surface area contributed by atoms with E-state index in [1.165, 1.54) is 13.4 Å². The summed E-state index contributed by atoms with van der Waals surface area (Å²) in [6, 6.07) is 12.5. The van der Waals surface area contributed by atoms with Gasteiger partial charge in [0.15, 0.2) is 11.6 Å². The van der Waals surface area contributed by atoms with Crippen LogP contribution in [0.2, 0.25) is 5.02 Å². The number of hydrogen-bond donors (Lipinski definition) is 3. The van der Waals surface area contributed by atoms with Gasteiger partial charge in [0.05, 0.1) is 18.4 Å². The first-order valence-corrected chi connectivity index (χ1v) is 8.45. The van der Waals surface area contributed by atoms with Crippen molar-refractivity contribution in [1.82, 2.24) is 9.97 Å². The van der Waals surface area contributed by atoms with Crippen molar-refractivity contribution in [2.45, 2.75) is 6.92 Å². The summed E-state index contributed by atoms with van der Waals surface area (Å²) in [5.74, 6) is 0.323. The highest BCUT2D eigenvalue weighted by Crippen LogP contribution is 2.30. The minimum Gasteiger partial charge on any atom is -0.465 e. The van der Waals surface area contributed by atoms with Crippen LogP contribution >= 0.6 is 11.6 Å². The molecule has 27 heavy (non-hydrogen) atoms. The molecule has 1 aromatic heterocycles. The maximum Gasteiger partial charge on any atom is 0.339 e. The van der Waals surface area contributed by atoms with Crippen molar-refractivity contribution >= 4 is 46.3 Å². The van der Waals surface area contributed by atoms with Gasteiger partial charge < -0.3 is 21.1 Å². The van der Waals surface area contributed by atoms with E-state index in [9.17, 15) is 4.79 Å². The molecule has 0 atom stereocenters. The molecule has 0 aliphatic rings. The fourth-order valence-electron chi connectivity index (χ4n) is 2.41. The molecule has 0 saturated carbocycles. The third kappa shape index (κ3) is 4.09. The molecular formula is C19H18ClN5O2. The number of nitrogens with two attached hydrogens (primary N) is 1. The molecule has 0 unspecified atom stereocenters. The van der Waals surface area contributed by atoms with Crippen LogP contribution in [-0.2, 0) is 4.74 Å². The predicted molar refractivity (Wildman–Crippen MR) is 107 cm³/mol. The lowest BCUT2D eigenvalue weighted by Crippen LogP contribution is -2.09. The van der Waals surface area contributed by atoms with E-state index < -0.39 is 5.97 Å². The summed E-state index contributed by atoms with van der Waals surface area (Å²) < 4.78 is 4.80. The van der Waals surface area contributed by atoms with Gasteiger partial charge in [0.1, 0.15) is 12.0 Å². The smallest absolute Gasteiger partial charge is 0.339 e. The van der Waals surface area contributed by atoms with Gasteiger partial charge in [-0.1, -0.05) is 29.8 Å². The summed E-state index contributed by atoms with van der Waals surface area (Å²) in [4.78, 5) is 20.3. The monoisotopic (exact) mass is 383 g/mol. The lowest BCUT2D eigenvalue weighted by Gasteiger charge is -2.14. The van der Waals surface area contributed by atoms with Gasteiger partial charge in [-0.25, -0.2) is 14.8 Å². The molecule has 4 N–H and O–H groups in total. The number of nitrogens with one attached hydrogen (secondary N) is 2. The summed E-state index contributed by atoms with van der Waals surface area (Å²) in [7, 11) is 1.33. The zero-order valence-electron chi connectivity index (χ0n) is 14.8. The third-order valence-corrected chi connectivity index (χ3v) is 4.31. The summed E-state index contributed by atoms with van der Waals surface area (Å²) in [5, 5.41) is 6.82. The molecule has 0 amide bonds. The van der Waals surface area contributed by atoms with Crippen molar-refractivity contribution < 1.29 is 9.53 Å². The van der Waals surface area contributed by atoms with E-state index in [-0.39, 0.29) is 0 Å². The van der Waals surface area contributed by atoms with Crippen LogP contribution in [0, 0.1) is 6.92 Å². The van der Waals surface area contributed by atoms with Gasteiger partial charge in [0, 0.05) is 10.7 Å². The molecule has 0 radical (unpaired) electrons. The van der Waals surface area contributed by atoms with Gasteiger partial charge >= 0.3 is 5.97 Å². The molecule has 0 saturated heterocycles. The second kappa shape index (κ2) is 7.92. The van der Waals surface area contributed by atoms with E-state index in [4.69, 9.17) is 22.1 Å². The van der Waals surface area contributed by atoms with Gasteiger partial charge in [0.25, 0.3) is 0 Å². The summed E-state index contributed by atoms with van der Waals surface area (Å²) in [6.07, 6.45) is 1.37. The number of benzene rings is 2. The lowest BCUT2D eigenvalue weighted by molar-refractivity contribution is 0.0602. The topological polar surface area (TPSA) is 102 Å². The number of para-hydroxylation sites is 1. The third-order valence-electron chi connectivity index (χ3n) is 3.90. The average molecular weight is 384 g/mol. The SMILES string of the molecule is COC(=O)c1ccccc1Nc1ncnc(Nc2ccc(C)c(Cl)c2)c1N. The standard InChI is InChI=1S/C19H18ClN5O2/c1-11-7-8-12(9-14(11)20)24-17-16(21)18(23-10-22-17)25-15-6-4-3-5-13(15)19(26)27-2/h3-10H,21H2,1-2H3,(H2,22,23,24,25). The molecule has 3 aromatic rings. The second-order valence-electron chi connectivity index (χ2n) is 5.74. The van der Waals surface area contributed by atoms with Crippen molar-refractivity contribution in [2.24, 2.45) is 0 Å². The van der Waals surface area contributed by atoms with Crippen molar-refractivity contribution in [3.8, 4) is 0 Å². The molecule has 2 aromatic carbocycles. The largest absolute Gasteiger partial charge is 0.465 e. The van der Waals surface area contributed by atoms with Crippen molar-refractivity contribution in [1.29, 1.82) is 0 Å². The van der Waals surface area contributed by atoms with E-state index in [0.717, 1.165) is 11.3 Å². The van der Waals surface area contributed by atoms with Crippen LogP contribution in [0.3, 0.4) is 0 Å². The second-order valence-corrected chi connectivity index (χ2v) is 6.14. The van der Waals surface area contributed by atoms with E-state index in [1.807, 2.05) is 19.1 Å². The number of methoxy groups -OCH3 is 1. The van der Waals surface area contributed by atoms with Gasteiger partial charge in [-0.15, -0.1) is 0 Å². The Balaban J connectivity index is 1.90. The molecule has 0 bridgehead atoms. The van der Waals surface area contributed by atoms with Gasteiger partial charge in [0.2, 0.25) is 0 Å². The van der Waals surface area contributed by atoms with Crippen molar-refractivity contribution in [2.75, 3.05) is 23.5 Å². The number of carbonyl (C=O) groups is 1. The number of ether oxygens (including phenoxy) is 1. The Morgan fingerprint density at radius 1 is 1.11 bits per heavy atom. The normalized spacial score (nSPS) is 10.3. The maximum absolute atomic E-state index is 11.9. The van der Waals surface area contributed by atoms with Crippen LogP contribution in [0.1, 0.15) is 15.9 Å². The first-order chi connectivity index (χ1) is 13.0. The zero-order valence-corrected chi connectivity index (χ0v) is 15.5. The number of aromatic nitrogens is 2. The zero-order chi connectivity index (χ0) is 19.4. The van der Waals surface area contributed by atoms with Crippen LogP contribution < -0.4 is 16.4 Å². The molecular weight excluding hydrogens is 366 g/mol. The van der Waals surface area contributed by atoms with Gasteiger partial charge in [-0.05, 0) is 36.8 Å². The molecule has 0 fully saturated rings. The minimum absolute atomic E-state index is 0.300. The highest BCUT2D eigenvalue weighted by atomic mass is 35.5. The molecule has 8 heteroatoms. The van der Waals surface area contributed by atoms with Gasteiger partial charge in [-0.3, -0.25) is 0 Å². The van der Waals surface area contributed by atoms with Crippen LogP contribution in [0.25, 0.3) is 0 Å². The number of hydrogen-bond acceptors (Lipinski definition) is 7. The Labute approximate surface area is 161 Å². The Kier molecular flexibility index (Phi) is 5.42. The van der Waals surface area contributed by atoms with E-state index in [0.29, 0.717) is 33.6 Å². The van der Waals surface area contributed by atoms with Gasteiger partial charge in [-0.2, -0.15) is 0 Å². The van der Waals surface area contributed by atoms with E-state index in [2.05, 4.69) is 20.6 Å². The number of anilines is 5. The fourth-order valence-corrected chi connectivity index (χ4v) is 2.59. The molecule has 0 aliphatic carbocycles. The highest BCUT2D eigenvalue weighted by molar-refractivity contribution is 6.31. The predicted octanol–water partition coefficient (Wildman–Crippen LogP) is 4.29. The number of rotatable bonds is 5. The van der Waals surface area contributed by atoms with Crippen molar-refractivity contribution in [3.63, 3.8) is 0 Å². The number of nitrogen functional groups attached to an aromatic ring is 1. The Morgan fingerprint density at radius 3 is 2.52 bits per heavy atom. The fraction of sp³-hybridized carbons (Fsp3) is 0.105. The van der Waals surface area contributed by atoms with Crippen LogP contribution in [-0.4, -0.2) is 23.0 Å². The Bertz CT molecular complexity index is 994. The van der Waals surface area contributed by atoms with E-state index in [1.54, 1.807) is 30.3 Å². The summed E-state index contributed by atoms with van der Waals surface area (Å²) >= 11 is 6.16. The number of esters is 1. The number of carbonyl (C=O) groups excluding carboxylic acids is 1. The minimum atomic E-state index is -0.460. The molecule has 1 heterocycles. The summed E-state index contributed by atoms with van der Waals surface area (Å²) in [5.41, 5.74) is 9.13. The Hall–Kier alpha value is -3.32. The number of nitrogens with zero attached hydrogens (tertiary/aromatic N) is 2. The Morgan fingerprint density at radius 2 is 1.81 bits per heavy atom. The number of aryl methyl sites for hydroxylation is 1. The van der Waals surface area contributed by atoms with Crippen LogP contribution in [0.4, 0.5) is 28.7 Å². The molecule has 7 nitrogen and oxygen atoms in total. The molecule has 0 spiro atoms. The first kappa shape index (κ1) is 18.5. The number of halogens is 1. The molecule has 138 valence electrons. The lowest BCUT2D eigenvalue weighted by atomic mass is 10.2. The molecule has 0 aliphatic heterocycles. The first-order valence-electron chi connectivity index (χ1n) is 8.07. The molecule has 3 rings (SSSR count). The van der Waals surface area contributed by atoms with E-state index >= 15 is 0 Å². The quantitative estimate of drug-likeness (QED) is 0.564. The maximum atomic E-state index is 11.9. The average Bonchev–Trinajstić information content (AvgIpc) is 2.67. The highest BCUT2D eigenvalue weighted by Gasteiger charge is 2.14. The summed E-state index contributed by atoms with van der Waals surface area (Å²) in [6.45, 7) is 1.92.